The molecular weight excluding hydrogens is 370 g/mol. The predicted octanol–water partition coefficient (Wildman–Crippen LogP) is 4.37. The van der Waals surface area contributed by atoms with Gasteiger partial charge in [-0.3, -0.25) is 9.59 Å². The molecule has 0 radical (unpaired) electrons. The smallest absolute Gasteiger partial charge is 0.304 e. The fraction of sp³-hybridized carbons (Fsp3) is 0.263. The zero-order valence-corrected chi connectivity index (χ0v) is 16.1. The normalized spacial score (nSPS) is 10.3. The Balaban J connectivity index is 1.77. The topological polar surface area (TPSA) is 75.6 Å². The van der Waals surface area contributed by atoms with Crippen molar-refractivity contribution in [2.45, 2.75) is 13.3 Å². The van der Waals surface area contributed by atoms with E-state index < -0.39 is 5.97 Å². The fourth-order valence-electron chi connectivity index (χ4n) is 2.13. The minimum atomic E-state index is -0.790. The number of carbonyl (C=O) groups is 2. The third kappa shape index (κ3) is 7.01. The number of hydrogen-bond donors (Lipinski definition) is 2. The molecule has 0 heterocycles. The van der Waals surface area contributed by atoms with Gasteiger partial charge in [0.15, 0.2) is 0 Å². The maximum absolute atomic E-state index is 12.3. The number of aryl methyl sites for hydroxylation is 1. The van der Waals surface area contributed by atoms with Gasteiger partial charge < -0.3 is 15.2 Å². The molecule has 2 aromatic rings. The van der Waals surface area contributed by atoms with Gasteiger partial charge in [-0.05, 0) is 42.8 Å². The largest absolute Gasteiger partial charge is 0.481 e. The Morgan fingerprint density at radius 1 is 1.04 bits per heavy atom. The molecule has 7 heteroatoms. The molecular formula is C19H21NO4S2. The van der Waals surface area contributed by atoms with Gasteiger partial charge in [0, 0.05) is 23.6 Å². The van der Waals surface area contributed by atoms with Crippen LogP contribution in [0.4, 0.5) is 0 Å². The van der Waals surface area contributed by atoms with E-state index in [-0.39, 0.29) is 12.3 Å². The molecule has 0 aliphatic heterocycles. The van der Waals surface area contributed by atoms with E-state index in [9.17, 15) is 9.59 Å². The highest BCUT2D eigenvalue weighted by atomic mass is 33.1. The van der Waals surface area contributed by atoms with Gasteiger partial charge in [0.2, 0.25) is 0 Å². The average molecular weight is 392 g/mol. The van der Waals surface area contributed by atoms with Crippen LogP contribution in [-0.4, -0.2) is 35.0 Å². The summed E-state index contributed by atoms with van der Waals surface area (Å²) >= 11 is 0. The molecule has 0 aliphatic carbocycles. The van der Waals surface area contributed by atoms with Gasteiger partial charge in [-0.1, -0.05) is 39.8 Å². The van der Waals surface area contributed by atoms with Crippen molar-refractivity contribution in [1.29, 1.82) is 0 Å². The van der Waals surface area contributed by atoms with E-state index in [1.165, 1.54) is 10.8 Å². The van der Waals surface area contributed by atoms with E-state index >= 15 is 0 Å². The lowest BCUT2D eigenvalue weighted by molar-refractivity contribution is -0.136. The number of rotatable bonds is 10. The van der Waals surface area contributed by atoms with Crippen LogP contribution < -0.4 is 10.1 Å². The third-order valence-corrected chi connectivity index (χ3v) is 5.78. The Bertz CT molecular complexity index is 738. The standard InChI is InChI=1S/C19H21NO4S2/c1-14-13-16(24-15-5-3-2-4-6-15)7-8-17(14)19(23)20-10-12-26-25-11-9-18(21)22/h2-8,13H,9-12H2,1H3,(H,20,23)(H,21,22). The number of carbonyl (C=O) groups excluding carboxylic acids is 1. The molecule has 5 nitrogen and oxygen atoms in total. The van der Waals surface area contributed by atoms with Crippen LogP contribution in [0.3, 0.4) is 0 Å². The average Bonchev–Trinajstić information content (AvgIpc) is 2.61. The van der Waals surface area contributed by atoms with Crippen molar-refractivity contribution < 1.29 is 19.4 Å². The van der Waals surface area contributed by atoms with Gasteiger partial charge >= 0.3 is 5.97 Å². The lowest BCUT2D eigenvalue weighted by atomic mass is 10.1. The van der Waals surface area contributed by atoms with E-state index in [2.05, 4.69) is 5.32 Å². The van der Waals surface area contributed by atoms with Gasteiger partial charge in [-0.2, -0.15) is 0 Å². The lowest BCUT2D eigenvalue weighted by Gasteiger charge is -2.10. The van der Waals surface area contributed by atoms with Crippen molar-refractivity contribution in [1.82, 2.24) is 5.32 Å². The molecule has 26 heavy (non-hydrogen) atoms. The highest BCUT2D eigenvalue weighted by Crippen LogP contribution is 2.24. The summed E-state index contributed by atoms with van der Waals surface area (Å²) in [5.41, 5.74) is 1.47. The molecule has 2 N–H and O–H groups in total. The number of amides is 1. The van der Waals surface area contributed by atoms with Gasteiger partial charge in [0.1, 0.15) is 11.5 Å². The number of para-hydroxylation sites is 1. The summed E-state index contributed by atoms with van der Waals surface area (Å²) in [4.78, 5) is 22.7. The Morgan fingerprint density at radius 3 is 2.46 bits per heavy atom. The van der Waals surface area contributed by atoms with E-state index in [4.69, 9.17) is 9.84 Å². The summed E-state index contributed by atoms with van der Waals surface area (Å²) in [5, 5.41) is 11.4. The molecule has 0 atom stereocenters. The molecule has 0 fully saturated rings. The van der Waals surface area contributed by atoms with Crippen LogP contribution in [0, 0.1) is 6.92 Å². The van der Waals surface area contributed by atoms with Crippen molar-refractivity contribution >= 4 is 33.5 Å². The Hall–Kier alpha value is -2.12. The van der Waals surface area contributed by atoms with Crippen molar-refractivity contribution in [2.24, 2.45) is 0 Å². The minimum Gasteiger partial charge on any atom is -0.481 e. The minimum absolute atomic E-state index is 0.120. The first kappa shape index (κ1) is 20.2. The quantitative estimate of drug-likeness (QED) is 0.463. The number of carboxylic acids is 1. The summed E-state index contributed by atoms with van der Waals surface area (Å²) in [6.07, 6.45) is 0.153. The van der Waals surface area contributed by atoms with Crippen LogP contribution >= 0.6 is 21.6 Å². The van der Waals surface area contributed by atoms with Gasteiger partial charge in [0.05, 0.1) is 6.42 Å². The molecule has 0 saturated heterocycles. The van der Waals surface area contributed by atoms with Crippen molar-refractivity contribution in [3.63, 3.8) is 0 Å². The molecule has 2 rings (SSSR count). The van der Waals surface area contributed by atoms with Crippen LogP contribution in [0.25, 0.3) is 0 Å². The fourth-order valence-corrected chi connectivity index (χ4v) is 4.01. The summed E-state index contributed by atoms with van der Waals surface area (Å²) < 4.78 is 5.77. The van der Waals surface area contributed by atoms with E-state index in [1.54, 1.807) is 22.9 Å². The third-order valence-electron chi connectivity index (χ3n) is 3.37. The van der Waals surface area contributed by atoms with E-state index in [1.807, 2.05) is 43.3 Å². The van der Waals surface area contributed by atoms with Crippen LogP contribution in [0.1, 0.15) is 22.3 Å². The number of hydrogen-bond acceptors (Lipinski definition) is 5. The van der Waals surface area contributed by atoms with Gasteiger partial charge in [0.25, 0.3) is 5.91 Å². The lowest BCUT2D eigenvalue weighted by Crippen LogP contribution is -2.26. The molecule has 0 unspecified atom stereocenters. The van der Waals surface area contributed by atoms with E-state index in [0.29, 0.717) is 23.6 Å². The SMILES string of the molecule is Cc1cc(Oc2ccccc2)ccc1C(=O)NCCSSCCC(=O)O. The number of ether oxygens (including phenoxy) is 1. The summed E-state index contributed by atoms with van der Waals surface area (Å²) in [7, 11) is 3.06. The Kier molecular flexibility index (Phi) is 8.37. The Labute approximate surface area is 160 Å². The van der Waals surface area contributed by atoms with Gasteiger partial charge in [-0.15, -0.1) is 0 Å². The summed E-state index contributed by atoms with van der Waals surface area (Å²) in [6, 6.07) is 14.9. The molecule has 138 valence electrons. The second-order valence-corrected chi connectivity index (χ2v) is 8.14. The van der Waals surface area contributed by atoms with Crippen LogP contribution in [0.15, 0.2) is 48.5 Å². The molecule has 2 aromatic carbocycles. The molecule has 0 bridgehead atoms. The number of benzene rings is 2. The predicted molar refractivity (Wildman–Crippen MR) is 107 cm³/mol. The number of aliphatic carboxylic acids is 1. The van der Waals surface area contributed by atoms with Crippen molar-refractivity contribution in [3.8, 4) is 11.5 Å². The maximum atomic E-state index is 12.3. The molecule has 0 aliphatic rings. The Morgan fingerprint density at radius 2 is 1.77 bits per heavy atom. The van der Waals surface area contributed by atoms with E-state index in [0.717, 1.165) is 17.1 Å². The van der Waals surface area contributed by atoms with Crippen LogP contribution in [-0.2, 0) is 4.79 Å². The second kappa shape index (κ2) is 10.8. The molecule has 0 aromatic heterocycles. The number of carboxylic acid groups (broad SMARTS) is 1. The zero-order valence-electron chi connectivity index (χ0n) is 14.4. The zero-order chi connectivity index (χ0) is 18.8. The number of nitrogens with one attached hydrogen (secondary N) is 1. The maximum Gasteiger partial charge on any atom is 0.304 e. The first-order valence-corrected chi connectivity index (χ1v) is 10.6. The molecule has 0 saturated carbocycles. The molecule has 0 spiro atoms. The summed E-state index contributed by atoms with van der Waals surface area (Å²) in [5.74, 6) is 1.82. The first-order valence-electron chi connectivity index (χ1n) is 8.14. The first-order chi connectivity index (χ1) is 12.6. The monoisotopic (exact) mass is 391 g/mol. The second-order valence-electron chi connectivity index (χ2n) is 5.44. The van der Waals surface area contributed by atoms with Crippen LogP contribution in [0.2, 0.25) is 0 Å². The van der Waals surface area contributed by atoms with Crippen molar-refractivity contribution in [2.75, 3.05) is 18.1 Å². The van der Waals surface area contributed by atoms with Crippen LogP contribution in [0.5, 0.6) is 11.5 Å². The highest BCUT2D eigenvalue weighted by Gasteiger charge is 2.10. The van der Waals surface area contributed by atoms with Crippen molar-refractivity contribution in [3.05, 3.63) is 59.7 Å². The highest BCUT2D eigenvalue weighted by molar-refractivity contribution is 8.76. The summed E-state index contributed by atoms with van der Waals surface area (Å²) in [6.45, 7) is 2.41. The molecule has 1 amide bonds. The van der Waals surface area contributed by atoms with Gasteiger partial charge in [-0.25, -0.2) is 0 Å².